The molecule has 0 amide bonds. The molecule has 0 fully saturated rings. The predicted octanol–water partition coefficient (Wildman–Crippen LogP) is 6.85. The summed E-state index contributed by atoms with van der Waals surface area (Å²) in [4.78, 5) is 8.83. The summed E-state index contributed by atoms with van der Waals surface area (Å²) in [7, 11) is 0. The molecule has 0 aliphatic carbocycles. The average Bonchev–Trinajstić information content (AvgIpc) is 3.49. The van der Waals surface area contributed by atoms with Gasteiger partial charge in [-0.2, -0.15) is 29.8 Å². The van der Waals surface area contributed by atoms with E-state index in [-0.39, 0.29) is 23.1 Å². The number of anilines is 2. The van der Waals surface area contributed by atoms with Crippen LogP contribution in [0.4, 0.5) is 34.4 Å². The number of benzene rings is 2. The number of phenolic OH excluding ortho intramolecular Hbond substituents is 2. The molecule has 0 bridgehead atoms. The Kier molecular flexibility index (Phi) is 7.59. The van der Waals surface area contributed by atoms with Crippen LogP contribution in [0.2, 0.25) is 0 Å². The number of nitrogen functional groups attached to an aromatic ring is 2. The maximum Gasteiger partial charge on any atom is 0.161 e. The molecule has 5 rings (SSSR count). The van der Waals surface area contributed by atoms with Crippen molar-refractivity contribution in [2.24, 2.45) is 20.5 Å². The Balaban J connectivity index is 1.57. The van der Waals surface area contributed by atoms with Gasteiger partial charge in [0.1, 0.15) is 17.8 Å². The van der Waals surface area contributed by atoms with E-state index in [9.17, 15) is 10.2 Å². The molecule has 0 atom stereocenters. The fourth-order valence-corrected chi connectivity index (χ4v) is 4.23. The predicted molar refractivity (Wildman–Crippen MR) is 167 cm³/mol. The highest BCUT2D eigenvalue weighted by atomic mass is 16.3. The molecule has 0 radical (unpaired) electrons. The van der Waals surface area contributed by atoms with Crippen molar-refractivity contribution in [3.05, 3.63) is 72.3 Å². The lowest BCUT2D eigenvalue weighted by Gasteiger charge is -2.15. The van der Waals surface area contributed by atoms with E-state index in [4.69, 9.17) is 21.7 Å². The van der Waals surface area contributed by atoms with Crippen LogP contribution in [0.15, 0.2) is 81.4 Å². The number of rotatable bonds is 6. The Bertz CT molecular complexity index is 1720. The molecule has 0 saturated heterocycles. The number of phenols is 2. The molecule has 3 heterocycles. The van der Waals surface area contributed by atoms with Gasteiger partial charge in [0.2, 0.25) is 0 Å². The Hall–Kier alpha value is -5.66. The summed E-state index contributed by atoms with van der Waals surface area (Å²) < 4.78 is 2.96. The highest BCUT2D eigenvalue weighted by Gasteiger charge is 2.29. The highest BCUT2D eigenvalue weighted by molar-refractivity contribution is 5.67. The van der Waals surface area contributed by atoms with Crippen molar-refractivity contribution in [1.82, 2.24) is 29.5 Å². The molecule has 14 nitrogen and oxygen atoms in total. The molecule has 0 unspecified atom stereocenters. The molecule has 44 heavy (non-hydrogen) atoms. The van der Waals surface area contributed by atoms with E-state index in [1.807, 2.05) is 41.5 Å². The zero-order chi connectivity index (χ0) is 31.8. The number of nitrogens with zero attached hydrogens (tertiary/aromatic N) is 10. The molecule has 14 heteroatoms. The van der Waals surface area contributed by atoms with Crippen LogP contribution in [-0.4, -0.2) is 39.7 Å². The third kappa shape index (κ3) is 6.09. The van der Waals surface area contributed by atoms with Crippen molar-refractivity contribution in [1.29, 1.82) is 0 Å². The molecule has 0 aliphatic heterocycles. The number of azo groups is 2. The minimum Gasteiger partial charge on any atom is -0.508 e. The van der Waals surface area contributed by atoms with Gasteiger partial charge in [-0.1, -0.05) is 41.5 Å². The van der Waals surface area contributed by atoms with E-state index in [1.165, 1.54) is 40.0 Å². The first-order chi connectivity index (χ1) is 20.7. The van der Waals surface area contributed by atoms with E-state index in [1.54, 1.807) is 30.3 Å². The normalized spacial score (nSPS) is 12.5. The van der Waals surface area contributed by atoms with Crippen molar-refractivity contribution >= 4 is 34.4 Å². The summed E-state index contributed by atoms with van der Waals surface area (Å²) in [5.74, 6) is 1.45. The van der Waals surface area contributed by atoms with Crippen LogP contribution >= 0.6 is 0 Å². The molecule has 226 valence electrons. The lowest BCUT2D eigenvalue weighted by molar-refractivity contribution is 0.475. The van der Waals surface area contributed by atoms with Gasteiger partial charge in [0.15, 0.2) is 34.6 Å². The third-order valence-electron chi connectivity index (χ3n) is 6.51. The van der Waals surface area contributed by atoms with Gasteiger partial charge in [-0.05, 0) is 48.5 Å². The maximum atomic E-state index is 9.58. The lowest BCUT2D eigenvalue weighted by Crippen LogP contribution is -2.14. The second-order valence-corrected chi connectivity index (χ2v) is 12.2. The number of hydrogen-bond acceptors (Lipinski definition) is 12. The van der Waals surface area contributed by atoms with E-state index in [2.05, 4.69) is 30.4 Å². The van der Waals surface area contributed by atoms with Crippen molar-refractivity contribution < 1.29 is 10.2 Å². The van der Waals surface area contributed by atoms with Crippen LogP contribution in [0, 0.1) is 0 Å². The molecule has 5 aromatic rings. The first-order valence-electron chi connectivity index (χ1n) is 13.7. The molecule has 3 aromatic heterocycles. The number of hydrogen-bond donors (Lipinski definition) is 4. The average molecular weight is 595 g/mol. The van der Waals surface area contributed by atoms with Gasteiger partial charge in [-0.15, -0.1) is 10.2 Å². The Morgan fingerprint density at radius 3 is 1.30 bits per heavy atom. The Morgan fingerprint density at radius 2 is 0.955 bits per heavy atom. The van der Waals surface area contributed by atoms with Crippen LogP contribution < -0.4 is 11.5 Å². The molecular formula is C30H34N12O2. The van der Waals surface area contributed by atoms with E-state index in [0.717, 1.165) is 0 Å². The third-order valence-corrected chi connectivity index (χ3v) is 6.51. The van der Waals surface area contributed by atoms with Gasteiger partial charge >= 0.3 is 0 Å². The number of aromatic hydroxyl groups is 2. The van der Waals surface area contributed by atoms with Crippen LogP contribution in [0.5, 0.6) is 11.5 Å². The van der Waals surface area contributed by atoms with Crippen LogP contribution in [0.1, 0.15) is 52.9 Å². The van der Waals surface area contributed by atoms with Gasteiger partial charge in [0, 0.05) is 16.9 Å². The van der Waals surface area contributed by atoms with Crippen molar-refractivity contribution in [3.8, 4) is 23.1 Å². The summed E-state index contributed by atoms with van der Waals surface area (Å²) >= 11 is 0. The molecule has 0 spiro atoms. The zero-order valence-electron chi connectivity index (χ0n) is 25.3. The highest BCUT2D eigenvalue weighted by Crippen LogP contribution is 2.39. The van der Waals surface area contributed by atoms with Crippen LogP contribution in [0.25, 0.3) is 11.6 Å². The second-order valence-electron chi connectivity index (χ2n) is 12.2. The van der Waals surface area contributed by atoms with Crippen LogP contribution in [0.3, 0.4) is 0 Å². The van der Waals surface area contributed by atoms with Gasteiger partial charge in [-0.25, -0.2) is 9.97 Å². The van der Waals surface area contributed by atoms with Crippen molar-refractivity contribution in [2.75, 3.05) is 11.5 Å². The first-order valence-corrected chi connectivity index (χ1v) is 13.7. The molecule has 2 aromatic carbocycles. The van der Waals surface area contributed by atoms with E-state index in [0.29, 0.717) is 45.8 Å². The maximum absolute atomic E-state index is 9.58. The quantitative estimate of drug-likeness (QED) is 0.153. The van der Waals surface area contributed by atoms with Crippen molar-refractivity contribution in [2.45, 2.75) is 52.4 Å². The SMILES string of the molecule is CC(C)(C)c1nn(-c2cc(-n3nc(C(C)(C)C)c(/N=N/c4ccc(O)cc4)c3N)ncn2)c(N)c1/N=N/c1ccc(O)cc1. The van der Waals surface area contributed by atoms with Gasteiger partial charge < -0.3 is 21.7 Å². The topological polar surface area (TPSA) is 203 Å². The fourth-order valence-electron chi connectivity index (χ4n) is 4.23. The van der Waals surface area contributed by atoms with E-state index < -0.39 is 10.8 Å². The van der Waals surface area contributed by atoms with E-state index >= 15 is 0 Å². The molecule has 0 saturated carbocycles. The molecule has 6 N–H and O–H groups in total. The summed E-state index contributed by atoms with van der Waals surface area (Å²) in [6.07, 6.45) is 1.37. The minimum absolute atomic E-state index is 0.131. The Labute approximate surface area is 253 Å². The molecule has 0 aliphatic rings. The minimum atomic E-state index is -0.427. The number of nitrogens with two attached hydrogens (primary N) is 2. The molecular weight excluding hydrogens is 560 g/mol. The summed E-state index contributed by atoms with van der Waals surface area (Å²) in [5, 5.41) is 46.1. The number of aromatic nitrogens is 6. The van der Waals surface area contributed by atoms with Gasteiger partial charge in [0.25, 0.3) is 0 Å². The summed E-state index contributed by atoms with van der Waals surface area (Å²) in [6.45, 7) is 12.0. The zero-order valence-corrected chi connectivity index (χ0v) is 25.3. The van der Waals surface area contributed by atoms with Crippen LogP contribution in [-0.2, 0) is 10.8 Å². The standard InChI is InChI=1S/C30H34N12O2/c1-29(2,3)25-23(37-35-17-7-11-19(43)12-8-17)27(31)41(39-25)21-15-22(34-16-33-21)42-28(32)24(26(40-42)30(4,5)6)38-36-18-9-13-20(44)14-10-18/h7-16,43-44H,31-32H2,1-6H3/b37-35+,38-36+. The largest absolute Gasteiger partial charge is 0.508 e. The fraction of sp³-hybridized carbons (Fsp3) is 0.267. The first kappa shape index (κ1) is 29.8. The smallest absolute Gasteiger partial charge is 0.161 e. The van der Waals surface area contributed by atoms with Gasteiger partial charge in [0.05, 0.1) is 22.8 Å². The summed E-state index contributed by atoms with van der Waals surface area (Å²) in [5.41, 5.74) is 15.4. The lowest BCUT2D eigenvalue weighted by atomic mass is 9.91. The van der Waals surface area contributed by atoms with Crippen molar-refractivity contribution in [3.63, 3.8) is 0 Å². The van der Waals surface area contributed by atoms with Gasteiger partial charge in [-0.3, -0.25) is 0 Å². The summed E-state index contributed by atoms with van der Waals surface area (Å²) in [6, 6.07) is 14.4. The monoisotopic (exact) mass is 594 g/mol. The Morgan fingerprint density at radius 1 is 0.591 bits per heavy atom. The second kappa shape index (κ2) is 11.2.